The van der Waals surface area contributed by atoms with Crippen molar-refractivity contribution in [3.63, 3.8) is 0 Å². The normalized spacial score (nSPS) is 11.1. The van der Waals surface area contributed by atoms with Crippen LogP contribution >= 0.6 is 23.8 Å². The standard InChI is InChI=1S/C14H10ClN5S/c15-12-4-2-1-3-11(12)13-18-19-14(21)20(13)17-9-10-5-7-16-8-6-10/h1-9H,(H,19,21). The summed E-state index contributed by atoms with van der Waals surface area (Å²) in [7, 11) is 0. The molecule has 0 amide bonds. The van der Waals surface area contributed by atoms with Crippen molar-refractivity contribution in [2.24, 2.45) is 5.10 Å². The molecule has 3 rings (SSSR count). The van der Waals surface area contributed by atoms with Crippen molar-refractivity contribution in [3.05, 3.63) is 64.1 Å². The molecular formula is C14H10ClN5S. The van der Waals surface area contributed by atoms with Crippen molar-refractivity contribution in [3.8, 4) is 11.4 Å². The van der Waals surface area contributed by atoms with Gasteiger partial charge in [-0.1, -0.05) is 23.7 Å². The van der Waals surface area contributed by atoms with Crippen LogP contribution in [0.25, 0.3) is 11.4 Å². The van der Waals surface area contributed by atoms with Crippen molar-refractivity contribution in [1.29, 1.82) is 0 Å². The number of halogens is 1. The van der Waals surface area contributed by atoms with Gasteiger partial charge in [0.2, 0.25) is 4.77 Å². The van der Waals surface area contributed by atoms with E-state index >= 15 is 0 Å². The van der Waals surface area contributed by atoms with E-state index < -0.39 is 0 Å². The van der Waals surface area contributed by atoms with Crippen LogP contribution in [0.15, 0.2) is 53.9 Å². The van der Waals surface area contributed by atoms with E-state index in [9.17, 15) is 0 Å². The van der Waals surface area contributed by atoms with E-state index in [4.69, 9.17) is 23.8 Å². The summed E-state index contributed by atoms with van der Waals surface area (Å²) in [6, 6.07) is 11.1. The Morgan fingerprint density at radius 2 is 1.95 bits per heavy atom. The minimum atomic E-state index is 0.398. The van der Waals surface area contributed by atoms with Gasteiger partial charge in [0.05, 0.1) is 11.2 Å². The molecule has 1 N–H and O–H groups in total. The number of aromatic amines is 1. The fourth-order valence-electron chi connectivity index (χ4n) is 1.79. The molecule has 0 aliphatic rings. The average Bonchev–Trinajstić information content (AvgIpc) is 2.88. The van der Waals surface area contributed by atoms with Crippen molar-refractivity contribution in [2.45, 2.75) is 0 Å². The molecule has 21 heavy (non-hydrogen) atoms. The molecule has 0 saturated heterocycles. The topological polar surface area (TPSA) is 58.9 Å². The van der Waals surface area contributed by atoms with Gasteiger partial charge in [-0.15, -0.1) is 0 Å². The molecule has 0 spiro atoms. The van der Waals surface area contributed by atoms with E-state index in [1.54, 1.807) is 24.7 Å². The Morgan fingerprint density at radius 1 is 1.19 bits per heavy atom. The van der Waals surface area contributed by atoms with E-state index in [0.717, 1.165) is 11.1 Å². The van der Waals surface area contributed by atoms with E-state index in [1.165, 1.54) is 4.68 Å². The zero-order valence-corrected chi connectivity index (χ0v) is 12.3. The van der Waals surface area contributed by atoms with E-state index in [2.05, 4.69) is 20.3 Å². The number of aromatic nitrogens is 4. The molecule has 104 valence electrons. The number of H-pyrrole nitrogens is 1. The molecule has 0 saturated carbocycles. The lowest BCUT2D eigenvalue weighted by Gasteiger charge is -2.02. The minimum Gasteiger partial charge on any atom is -0.265 e. The Morgan fingerprint density at radius 3 is 2.71 bits per heavy atom. The number of benzene rings is 1. The molecular weight excluding hydrogens is 306 g/mol. The zero-order chi connectivity index (χ0) is 14.7. The Bertz CT molecular complexity index is 838. The predicted octanol–water partition coefficient (Wildman–Crippen LogP) is 3.54. The highest BCUT2D eigenvalue weighted by molar-refractivity contribution is 7.71. The number of pyridine rings is 1. The third-order valence-electron chi connectivity index (χ3n) is 2.79. The summed E-state index contributed by atoms with van der Waals surface area (Å²) in [5, 5.41) is 11.9. The quantitative estimate of drug-likeness (QED) is 0.594. The lowest BCUT2D eigenvalue weighted by Crippen LogP contribution is -1.95. The Balaban J connectivity index is 2.05. The molecule has 0 aliphatic heterocycles. The number of rotatable bonds is 3. The Labute approximate surface area is 130 Å². The molecule has 3 aromatic rings. The summed E-state index contributed by atoms with van der Waals surface area (Å²) in [4.78, 5) is 3.96. The van der Waals surface area contributed by atoms with Gasteiger partial charge in [0.25, 0.3) is 0 Å². The molecule has 2 heterocycles. The van der Waals surface area contributed by atoms with Gasteiger partial charge >= 0.3 is 0 Å². The van der Waals surface area contributed by atoms with Crippen LogP contribution in [0.1, 0.15) is 5.56 Å². The first-order chi connectivity index (χ1) is 10.3. The second-order valence-corrected chi connectivity index (χ2v) is 4.96. The first kappa shape index (κ1) is 13.7. The van der Waals surface area contributed by atoms with Gasteiger partial charge < -0.3 is 0 Å². The van der Waals surface area contributed by atoms with Gasteiger partial charge in [0, 0.05) is 18.0 Å². The number of hydrogen-bond donors (Lipinski definition) is 1. The van der Waals surface area contributed by atoms with Crippen molar-refractivity contribution < 1.29 is 0 Å². The molecule has 0 atom stereocenters. The largest absolute Gasteiger partial charge is 0.265 e. The molecule has 2 aromatic heterocycles. The van der Waals surface area contributed by atoms with Crippen LogP contribution in [0.5, 0.6) is 0 Å². The van der Waals surface area contributed by atoms with E-state index in [-0.39, 0.29) is 0 Å². The predicted molar refractivity (Wildman–Crippen MR) is 85.1 cm³/mol. The molecule has 0 unspecified atom stereocenters. The van der Waals surface area contributed by atoms with Crippen molar-refractivity contribution in [2.75, 3.05) is 0 Å². The highest BCUT2D eigenvalue weighted by Crippen LogP contribution is 2.25. The summed E-state index contributed by atoms with van der Waals surface area (Å²) in [6.45, 7) is 0. The monoisotopic (exact) mass is 315 g/mol. The van der Waals surface area contributed by atoms with Crippen molar-refractivity contribution >= 4 is 30.0 Å². The third-order valence-corrected chi connectivity index (χ3v) is 3.39. The van der Waals surface area contributed by atoms with Crippen LogP contribution in [0.2, 0.25) is 5.02 Å². The van der Waals surface area contributed by atoms with Gasteiger partial charge in [0.15, 0.2) is 5.82 Å². The Kier molecular flexibility index (Phi) is 3.89. The van der Waals surface area contributed by atoms with Crippen molar-refractivity contribution in [1.82, 2.24) is 19.9 Å². The summed E-state index contributed by atoms with van der Waals surface area (Å²) in [5.41, 5.74) is 1.68. The summed E-state index contributed by atoms with van der Waals surface area (Å²) in [6.07, 6.45) is 5.09. The van der Waals surface area contributed by atoms with Crippen LogP contribution in [0, 0.1) is 4.77 Å². The van der Waals surface area contributed by atoms with Gasteiger partial charge in [0.1, 0.15) is 0 Å². The lowest BCUT2D eigenvalue weighted by atomic mass is 10.2. The molecule has 5 nitrogen and oxygen atoms in total. The second kappa shape index (κ2) is 5.99. The van der Waals surface area contributed by atoms with Gasteiger partial charge in [-0.3, -0.25) is 4.98 Å². The minimum absolute atomic E-state index is 0.398. The first-order valence-electron chi connectivity index (χ1n) is 6.12. The maximum absolute atomic E-state index is 6.20. The van der Waals surface area contributed by atoms with Crippen LogP contribution in [0.3, 0.4) is 0 Å². The number of hydrogen-bond acceptors (Lipinski definition) is 4. The second-order valence-electron chi connectivity index (χ2n) is 4.17. The molecule has 0 radical (unpaired) electrons. The Hall–Kier alpha value is -2.31. The average molecular weight is 316 g/mol. The zero-order valence-electron chi connectivity index (χ0n) is 10.8. The molecule has 1 aromatic carbocycles. The maximum atomic E-state index is 6.20. The van der Waals surface area contributed by atoms with Crippen LogP contribution in [-0.2, 0) is 0 Å². The number of nitrogens with zero attached hydrogens (tertiary/aromatic N) is 4. The highest BCUT2D eigenvalue weighted by atomic mass is 35.5. The van der Waals surface area contributed by atoms with Gasteiger partial charge in [-0.05, 0) is 42.0 Å². The van der Waals surface area contributed by atoms with Crippen LogP contribution in [-0.4, -0.2) is 26.1 Å². The van der Waals surface area contributed by atoms with Gasteiger partial charge in [-0.25, -0.2) is 5.10 Å². The highest BCUT2D eigenvalue weighted by Gasteiger charge is 2.10. The lowest BCUT2D eigenvalue weighted by molar-refractivity contribution is 0.871. The fraction of sp³-hybridized carbons (Fsp3) is 0. The summed E-state index contributed by atoms with van der Waals surface area (Å²) in [5.74, 6) is 0.566. The third kappa shape index (κ3) is 2.91. The molecule has 0 fully saturated rings. The molecule has 7 heteroatoms. The maximum Gasteiger partial charge on any atom is 0.216 e. The smallest absolute Gasteiger partial charge is 0.216 e. The summed E-state index contributed by atoms with van der Waals surface area (Å²) >= 11 is 11.4. The molecule has 0 bridgehead atoms. The van der Waals surface area contributed by atoms with Gasteiger partial charge in [-0.2, -0.15) is 14.9 Å². The van der Waals surface area contributed by atoms with E-state index in [0.29, 0.717) is 15.6 Å². The fourth-order valence-corrected chi connectivity index (χ4v) is 2.19. The van der Waals surface area contributed by atoms with Crippen LogP contribution < -0.4 is 0 Å². The molecule has 0 aliphatic carbocycles. The SMILES string of the molecule is S=c1[nH]nc(-c2ccccc2Cl)n1N=Cc1ccncc1. The number of nitrogens with one attached hydrogen (secondary N) is 1. The van der Waals surface area contributed by atoms with E-state index in [1.807, 2.05) is 30.3 Å². The van der Waals surface area contributed by atoms with Crippen LogP contribution in [0.4, 0.5) is 0 Å². The first-order valence-corrected chi connectivity index (χ1v) is 6.91. The summed E-state index contributed by atoms with van der Waals surface area (Å²) < 4.78 is 1.94.